The minimum absolute atomic E-state index is 0.350. The number of halogens is 2. The zero-order valence-electron chi connectivity index (χ0n) is 9.91. The van der Waals surface area contributed by atoms with Crippen LogP contribution >= 0.6 is 0 Å². The Bertz CT molecular complexity index is 228. The lowest BCUT2D eigenvalue weighted by Gasteiger charge is -1.99. The zero-order chi connectivity index (χ0) is 11.7. The second kappa shape index (κ2) is 8.67. The Balaban J connectivity index is 0. The number of benzene rings is 1. The van der Waals surface area contributed by atoms with Crippen LogP contribution in [0.2, 0.25) is 0 Å². The minimum Gasteiger partial charge on any atom is -0.203 e. The summed E-state index contributed by atoms with van der Waals surface area (Å²) in [5, 5.41) is 0. The van der Waals surface area contributed by atoms with Crippen molar-refractivity contribution in [3.63, 3.8) is 0 Å². The molecule has 82 valence electrons. The molecule has 1 rings (SSSR count). The van der Waals surface area contributed by atoms with Crippen molar-refractivity contribution in [3.05, 3.63) is 34.9 Å². The molecule has 0 aliphatic heterocycles. The van der Waals surface area contributed by atoms with Gasteiger partial charge in [-0.05, 0) is 25.0 Å². The molecule has 0 aliphatic carbocycles. The molecule has 0 unspecified atom stereocenters. The van der Waals surface area contributed by atoms with E-state index in [-0.39, 0.29) is 0 Å². The average Bonchev–Trinajstić information content (AvgIpc) is 2.26. The summed E-state index contributed by atoms with van der Waals surface area (Å²) in [6, 6.07) is 3.13. The van der Waals surface area contributed by atoms with Crippen LogP contribution in [0.4, 0.5) is 8.78 Å². The summed E-state index contributed by atoms with van der Waals surface area (Å²) in [5.74, 6) is -1.47. The van der Waals surface area contributed by atoms with Gasteiger partial charge in [-0.2, -0.15) is 0 Å². The highest BCUT2D eigenvalue weighted by molar-refractivity contribution is 5.23. The van der Waals surface area contributed by atoms with Crippen LogP contribution < -0.4 is 0 Å². The third-order valence-electron chi connectivity index (χ3n) is 1.47. The van der Waals surface area contributed by atoms with Crippen molar-refractivity contribution in [2.75, 3.05) is 0 Å². The van der Waals surface area contributed by atoms with Crippen molar-refractivity contribution in [2.45, 2.75) is 41.5 Å². The third-order valence-corrected chi connectivity index (χ3v) is 1.47. The van der Waals surface area contributed by atoms with E-state index in [1.54, 1.807) is 12.1 Å². The van der Waals surface area contributed by atoms with Crippen molar-refractivity contribution in [1.82, 2.24) is 0 Å². The third kappa shape index (κ3) is 4.35. The molecule has 0 aliphatic rings. The summed E-state index contributed by atoms with van der Waals surface area (Å²) in [6.07, 6.45) is 0. The summed E-state index contributed by atoms with van der Waals surface area (Å²) in [4.78, 5) is 0. The number of aryl methyl sites for hydroxylation is 2. The molecule has 14 heavy (non-hydrogen) atoms. The van der Waals surface area contributed by atoms with E-state index in [1.807, 2.05) is 27.7 Å². The van der Waals surface area contributed by atoms with E-state index in [1.165, 1.54) is 13.8 Å². The molecule has 0 N–H and O–H groups in total. The lowest BCUT2D eigenvalue weighted by molar-refractivity contribution is 0.497. The molecule has 2 heteroatoms. The van der Waals surface area contributed by atoms with Crippen LogP contribution in [0.25, 0.3) is 0 Å². The van der Waals surface area contributed by atoms with Gasteiger partial charge in [0.25, 0.3) is 0 Å². The fourth-order valence-electron chi connectivity index (χ4n) is 0.743. The maximum absolute atomic E-state index is 12.6. The van der Waals surface area contributed by atoms with E-state index < -0.39 is 11.6 Å². The van der Waals surface area contributed by atoms with Crippen LogP contribution in [0, 0.1) is 25.5 Å². The fraction of sp³-hybridized carbons (Fsp3) is 0.500. The monoisotopic (exact) mass is 202 g/mol. The Labute approximate surface area is 86.0 Å². The van der Waals surface area contributed by atoms with Gasteiger partial charge in [0.2, 0.25) is 0 Å². The van der Waals surface area contributed by atoms with E-state index >= 15 is 0 Å². The van der Waals surface area contributed by atoms with Gasteiger partial charge in [-0.3, -0.25) is 0 Å². The van der Waals surface area contributed by atoms with E-state index in [0.717, 1.165) is 0 Å². The lowest BCUT2D eigenvalue weighted by Crippen LogP contribution is -1.91. The Morgan fingerprint density at radius 2 is 0.929 bits per heavy atom. The standard InChI is InChI=1S/C8H8F2.2C2H6/c1-5-3-4-6(2)8(10)7(5)9;2*1-2/h3-4H,1-2H3;2*1-2H3. The van der Waals surface area contributed by atoms with E-state index in [0.29, 0.717) is 11.1 Å². The number of hydrogen-bond donors (Lipinski definition) is 0. The van der Waals surface area contributed by atoms with E-state index in [2.05, 4.69) is 0 Å². The van der Waals surface area contributed by atoms with Crippen LogP contribution in [-0.4, -0.2) is 0 Å². The van der Waals surface area contributed by atoms with Crippen LogP contribution in [0.5, 0.6) is 0 Å². The Morgan fingerprint density at radius 3 is 1.14 bits per heavy atom. The summed E-state index contributed by atoms with van der Waals surface area (Å²) in [7, 11) is 0. The van der Waals surface area contributed by atoms with Gasteiger partial charge in [0, 0.05) is 0 Å². The molecular weight excluding hydrogens is 182 g/mol. The van der Waals surface area contributed by atoms with Crippen molar-refractivity contribution >= 4 is 0 Å². The predicted molar refractivity (Wildman–Crippen MR) is 58.5 cm³/mol. The van der Waals surface area contributed by atoms with Gasteiger partial charge >= 0.3 is 0 Å². The first-order valence-corrected chi connectivity index (χ1v) is 5.04. The Kier molecular flexibility index (Phi) is 9.63. The second-order valence-corrected chi connectivity index (χ2v) is 2.33. The minimum atomic E-state index is -0.736. The summed E-state index contributed by atoms with van der Waals surface area (Å²) >= 11 is 0. The van der Waals surface area contributed by atoms with Crippen LogP contribution in [-0.2, 0) is 0 Å². The highest BCUT2D eigenvalue weighted by Gasteiger charge is 2.05. The largest absolute Gasteiger partial charge is 0.203 e. The summed E-state index contributed by atoms with van der Waals surface area (Å²) < 4.78 is 25.2. The van der Waals surface area contributed by atoms with E-state index in [4.69, 9.17) is 0 Å². The molecular formula is C12H20F2. The molecule has 0 radical (unpaired) electrons. The zero-order valence-corrected chi connectivity index (χ0v) is 9.91. The molecule has 0 spiro atoms. The smallest absolute Gasteiger partial charge is 0.161 e. The molecule has 0 atom stereocenters. The Morgan fingerprint density at radius 1 is 0.714 bits per heavy atom. The van der Waals surface area contributed by atoms with Crippen molar-refractivity contribution in [2.24, 2.45) is 0 Å². The van der Waals surface area contributed by atoms with Gasteiger partial charge in [-0.25, -0.2) is 8.78 Å². The predicted octanol–water partition coefficient (Wildman–Crippen LogP) is 4.63. The number of rotatable bonds is 0. The lowest BCUT2D eigenvalue weighted by atomic mass is 10.1. The maximum Gasteiger partial charge on any atom is 0.161 e. The SMILES string of the molecule is CC.CC.Cc1ccc(C)c(F)c1F. The molecule has 0 amide bonds. The van der Waals surface area contributed by atoms with E-state index in [9.17, 15) is 8.78 Å². The van der Waals surface area contributed by atoms with Crippen LogP contribution in [0.15, 0.2) is 12.1 Å². The quantitative estimate of drug-likeness (QED) is 0.575. The van der Waals surface area contributed by atoms with Gasteiger partial charge in [0.15, 0.2) is 11.6 Å². The van der Waals surface area contributed by atoms with Gasteiger partial charge in [0.05, 0.1) is 0 Å². The molecule has 0 nitrogen and oxygen atoms in total. The molecule has 0 saturated heterocycles. The first-order valence-electron chi connectivity index (χ1n) is 5.04. The Hall–Kier alpha value is -0.920. The van der Waals surface area contributed by atoms with Gasteiger partial charge < -0.3 is 0 Å². The first kappa shape index (κ1) is 15.5. The topological polar surface area (TPSA) is 0 Å². The molecule has 1 aromatic rings. The van der Waals surface area contributed by atoms with Crippen molar-refractivity contribution in [1.29, 1.82) is 0 Å². The molecule has 0 bridgehead atoms. The van der Waals surface area contributed by atoms with Crippen LogP contribution in [0.3, 0.4) is 0 Å². The van der Waals surface area contributed by atoms with Crippen molar-refractivity contribution < 1.29 is 8.78 Å². The highest BCUT2D eigenvalue weighted by atomic mass is 19.2. The van der Waals surface area contributed by atoms with Gasteiger partial charge in [-0.15, -0.1) is 0 Å². The molecule has 1 aromatic carbocycles. The highest BCUT2D eigenvalue weighted by Crippen LogP contribution is 2.13. The van der Waals surface area contributed by atoms with Crippen LogP contribution in [0.1, 0.15) is 38.8 Å². The average molecular weight is 202 g/mol. The normalized spacial score (nSPS) is 8.00. The molecule has 0 fully saturated rings. The van der Waals surface area contributed by atoms with Gasteiger partial charge in [-0.1, -0.05) is 39.8 Å². The summed E-state index contributed by atoms with van der Waals surface area (Å²) in [5.41, 5.74) is 0.700. The maximum atomic E-state index is 12.6. The molecule has 0 heterocycles. The molecule has 0 saturated carbocycles. The fourth-order valence-corrected chi connectivity index (χ4v) is 0.743. The van der Waals surface area contributed by atoms with Gasteiger partial charge in [0.1, 0.15) is 0 Å². The van der Waals surface area contributed by atoms with Crippen molar-refractivity contribution in [3.8, 4) is 0 Å². The summed E-state index contributed by atoms with van der Waals surface area (Å²) in [6.45, 7) is 11.1. The second-order valence-electron chi connectivity index (χ2n) is 2.33. The first-order chi connectivity index (χ1) is 6.63. The molecule has 0 aromatic heterocycles. The number of hydrogen-bond acceptors (Lipinski definition) is 0.